The summed E-state index contributed by atoms with van der Waals surface area (Å²) in [7, 11) is 1.63. The van der Waals surface area contributed by atoms with Gasteiger partial charge in [0.2, 0.25) is 0 Å². The van der Waals surface area contributed by atoms with Crippen molar-refractivity contribution in [2.24, 2.45) is 0 Å². The van der Waals surface area contributed by atoms with Crippen molar-refractivity contribution in [2.75, 3.05) is 7.11 Å². The maximum absolute atomic E-state index is 11.6. The number of halogens is 1. The number of Topliss-reactive ketones (excluding diaryl/α,β-unsaturated/α-hetero) is 1. The smallest absolute Gasteiger partial charge is 0.162 e. The van der Waals surface area contributed by atoms with E-state index in [0.717, 1.165) is 22.4 Å². The Labute approximate surface area is 118 Å². The minimum absolute atomic E-state index is 0.143. The van der Waals surface area contributed by atoms with E-state index in [4.69, 9.17) is 16.3 Å². The zero-order valence-electron chi connectivity index (χ0n) is 10.9. The van der Waals surface area contributed by atoms with E-state index in [1.54, 1.807) is 13.2 Å². The first kappa shape index (κ1) is 13.6. The topological polar surface area (TPSA) is 26.3 Å². The molecule has 2 rings (SSSR count). The Kier molecular flexibility index (Phi) is 4.23. The van der Waals surface area contributed by atoms with E-state index < -0.39 is 0 Å². The number of hydrogen-bond donors (Lipinski definition) is 0. The van der Waals surface area contributed by atoms with E-state index in [2.05, 4.69) is 0 Å². The van der Waals surface area contributed by atoms with Gasteiger partial charge in [-0.25, -0.2) is 0 Å². The number of carbonyl (C=O) groups excluding carboxylic acids is 1. The predicted molar refractivity (Wildman–Crippen MR) is 78.1 cm³/mol. The summed E-state index contributed by atoms with van der Waals surface area (Å²) in [6.07, 6.45) is 0.514. The Morgan fingerprint density at radius 3 is 2.42 bits per heavy atom. The quantitative estimate of drug-likeness (QED) is 0.761. The summed E-state index contributed by atoms with van der Waals surface area (Å²) in [5.41, 5.74) is 2.63. The van der Waals surface area contributed by atoms with Crippen molar-refractivity contribution in [2.45, 2.75) is 13.3 Å². The fourth-order valence-corrected chi connectivity index (χ4v) is 2.12. The molecule has 19 heavy (non-hydrogen) atoms. The highest BCUT2D eigenvalue weighted by Crippen LogP contribution is 2.32. The number of carbonyl (C=O) groups is 1. The maximum Gasteiger partial charge on any atom is 0.162 e. The van der Waals surface area contributed by atoms with E-state index in [-0.39, 0.29) is 5.78 Å². The van der Waals surface area contributed by atoms with Crippen LogP contribution in [0.15, 0.2) is 42.5 Å². The van der Waals surface area contributed by atoms with E-state index in [0.29, 0.717) is 11.4 Å². The summed E-state index contributed by atoms with van der Waals surface area (Å²) in [6, 6.07) is 13.0. The highest BCUT2D eigenvalue weighted by Gasteiger charge is 2.08. The molecular weight excluding hydrogens is 260 g/mol. The van der Waals surface area contributed by atoms with Crippen molar-refractivity contribution < 1.29 is 9.53 Å². The fraction of sp³-hybridized carbons (Fsp3) is 0.188. The van der Waals surface area contributed by atoms with Gasteiger partial charge >= 0.3 is 0 Å². The van der Waals surface area contributed by atoms with E-state index in [1.807, 2.05) is 43.3 Å². The van der Waals surface area contributed by atoms with Crippen LogP contribution in [0.3, 0.4) is 0 Å². The Hall–Kier alpha value is -1.80. The fourth-order valence-electron chi connectivity index (χ4n) is 1.95. The van der Waals surface area contributed by atoms with Gasteiger partial charge in [-0.1, -0.05) is 42.8 Å². The third kappa shape index (κ3) is 2.96. The van der Waals surface area contributed by atoms with Gasteiger partial charge in [-0.15, -0.1) is 0 Å². The van der Waals surface area contributed by atoms with Crippen molar-refractivity contribution in [1.29, 1.82) is 0 Å². The van der Waals surface area contributed by atoms with Crippen LogP contribution in [0.2, 0.25) is 5.02 Å². The molecule has 0 aromatic heterocycles. The Morgan fingerprint density at radius 1 is 1.16 bits per heavy atom. The lowest BCUT2D eigenvalue weighted by atomic mass is 10.0. The number of benzene rings is 2. The molecule has 0 atom stereocenters. The molecule has 2 nitrogen and oxygen atoms in total. The molecule has 0 amide bonds. The SMILES string of the molecule is CCC(=O)c1ccc(-c2cc(Cl)ccc2OC)cc1. The highest BCUT2D eigenvalue weighted by atomic mass is 35.5. The van der Waals surface area contributed by atoms with Crippen molar-refractivity contribution in [3.63, 3.8) is 0 Å². The van der Waals surface area contributed by atoms with Gasteiger partial charge < -0.3 is 4.74 Å². The van der Waals surface area contributed by atoms with Crippen LogP contribution in [-0.2, 0) is 0 Å². The van der Waals surface area contributed by atoms with Gasteiger partial charge in [-0.3, -0.25) is 4.79 Å². The largest absolute Gasteiger partial charge is 0.496 e. The first-order valence-electron chi connectivity index (χ1n) is 6.13. The summed E-state index contributed by atoms with van der Waals surface area (Å²) in [6.45, 7) is 1.86. The molecule has 98 valence electrons. The van der Waals surface area contributed by atoms with Gasteiger partial charge in [0.05, 0.1) is 7.11 Å². The van der Waals surface area contributed by atoms with Gasteiger partial charge in [-0.2, -0.15) is 0 Å². The number of hydrogen-bond acceptors (Lipinski definition) is 2. The first-order chi connectivity index (χ1) is 9.15. The van der Waals surface area contributed by atoms with Gasteiger partial charge in [0.15, 0.2) is 5.78 Å². The lowest BCUT2D eigenvalue weighted by molar-refractivity contribution is 0.0988. The molecule has 0 fully saturated rings. The number of methoxy groups -OCH3 is 1. The minimum Gasteiger partial charge on any atom is -0.496 e. The lowest BCUT2D eigenvalue weighted by Crippen LogP contribution is -1.96. The van der Waals surface area contributed by atoms with Crippen molar-refractivity contribution in [3.8, 4) is 16.9 Å². The minimum atomic E-state index is 0.143. The molecule has 0 aliphatic carbocycles. The molecule has 0 saturated heterocycles. The molecule has 0 N–H and O–H groups in total. The monoisotopic (exact) mass is 274 g/mol. The Balaban J connectivity index is 2.42. The number of ether oxygens (including phenoxy) is 1. The molecule has 0 spiro atoms. The molecule has 0 bridgehead atoms. The van der Waals surface area contributed by atoms with Crippen LogP contribution in [0.25, 0.3) is 11.1 Å². The summed E-state index contributed by atoms with van der Waals surface area (Å²) in [5, 5.41) is 0.657. The van der Waals surface area contributed by atoms with Crippen LogP contribution in [0.4, 0.5) is 0 Å². The Bertz CT molecular complexity index is 588. The van der Waals surface area contributed by atoms with Crippen LogP contribution in [0.5, 0.6) is 5.75 Å². The normalized spacial score (nSPS) is 10.3. The van der Waals surface area contributed by atoms with Gasteiger partial charge in [0.25, 0.3) is 0 Å². The van der Waals surface area contributed by atoms with E-state index in [1.165, 1.54) is 0 Å². The molecular formula is C16H15ClO2. The number of rotatable bonds is 4. The van der Waals surface area contributed by atoms with Gasteiger partial charge in [0, 0.05) is 22.6 Å². The summed E-state index contributed by atoms with van der Waals surface area (Å²) >= 11 is 6.02. The highest BCUT2D eigenvalue weighted by molar-refractivity contribution is 6.31. The van der Waals surface area contributed by atoms with Gasteiger partial charge in [0.1, 0.15) is 5.75 Å². The van der Waals surface area contributed by atoms with Crippen LogP contribution >= 0.6 is 11.6 Å². The Morgan fingerprint density at radius 2 is 1.84 bits per heavy atom. The predicted octanol–water partition coefficient (Wildman–Crippen LogP) is 4.61. The molecule has 0 aliphatic rings. The zero-order chi connectivity index (χ0) is 13.8. The second-order valence-electron chi connectivity index (χ2n) is 4.20. The molecule has 0 radical (unpaired) electrons. The average molecular weight is 275 g/mol. The van der Waals surface area contributed by atoms with Crippen LogP contribution in [0, 0.1) is 0 Å². The van der Waals surface area contributed by atoms with E-state index >= 15 is 0 Å². The van der Waals surface area contributed by atoms with Crippen molar-refractivity contribution >= 4 is 17.4 Å². The van der Waals surface area contributed by atoms with Crippen LogP contribution < -0.4 is 4.74 Å². The molecule has 0 heterocycles. The molecule has 2 aromatic carbocycles. The van der Waals surface area contributed by atoms with Crippen LogP contribution in [-0.4, -0.2) is 12.9 Å². The van der Waals surface area contributed by atoms with Crippen molar-refractivity contribution in [3.05, 3.63) is 53.1 Å². The second kappa shape index (κ2) is 5.89. The number of ketones is 1. The second-order valence-corrected chi connectivity index (χ2v) is 4.64. The molecule has 2 aromatic rings. The van der Waals surface area contributed by atoms with Crippen LogP contribution in [0.1, 0.15) is 23.7 Å². The zero-order valence-corrected chi connectivity index (χ0v) is 11.7. The third-order valence-corrected chi connectivity index (χ3v) is 3.24. The molecule has 0 unspecified atom stereocenters. The van der Waals surface area contributed by atoms with E-state index in [9.17, 15) is 4.79 Å². The summed E-state index contributed by atoms with van der Waals surface area (Å²) in [4.78, 5) is 11.6. The summed E-state index contributed by atoms with van der Waals surface area (Å²) in [5.74, 6) is 0.906. The molecule has 0 aliphatic heterocycles. The average Bonchev–Trinajstić information content (AvgIpc) is 2.46. The maximum atomic E-state index is 11.6. The third-order valence-electron chi connectivity index (χ3n) is 3.00. The first-order valence-corrected chi connectivity index (χ1v) is 6.50. The standard InChI is InChI=1S/C16H15ClO2/c1-3-15(18)12-6-4-11(5-7-12)14-10-13(17)8-9-16(14)19-2/h4-10H,3H2,1-2H3. The molecule has 3 heteroatoms. The van der Waals surface area contributed by atoms with Gasteiger partial charge in [-0.05, 0) is 23.8 Å². The van der Waals surface area contributed by atoms with Crippen molar-refractivity contribution in [1.82, 2.24) is 0 Å². The molecule has 0 saturated carbocycles. The summed E-state index contributed by atoms with van der Waals surface area (Å²) < 4.78 is 5.33. The lowest BCUT2D eigenvalue weighted by Gasteiger charge is -2.09.